The van der Waals surface area contributed by atoms with E-state index in [9.17, 15) is 4.79 Å². The molecule has 90 valence electrons. The summed E-state index contributed by atoms with van der Waals surface area (Å²) in [5.41, 5.74) is 7.45. The molecule has 0 saturated carbocycles. The minimum atomic E-state index is -0.403. The summed E-state index contributed by atoms with van der Waals surface area (Å²) in [7, 11) is 1.34. The normalized spacial score (nSPS) is 9.39. The van der Waals surface area contributed by atoms with Crippen LogP contribution in [0.5, 0.6) is 0 Å². The number of esters is 1. The van der Waals surface area contributed by atoms with E-state index in [1.165, 1.54) is 7.11 Å². The van der Waals surface area contributed by atoms with Gasteiger partial charge in [-0.25, -0.2) is 4.79 Å². The van der Waals surface area contributed by atoms with Crippen molar-refractivity contribution in [1.82, 2.24) is 0 Å². The van der Waals surface area contributed by atoms with Crippen molar-refractivity contribution < 1.29 is 9.53 Å². The van der Waals surface area contributed by atoms with Gasteiger partial charge in [-0.05, 0) is 29.6 Å². The van der Waals surface area contributed by atoms with Gasteiger partial charge in [-0.2, -0.15) is 0 Å². The Morgan fingerprint density at radius 2 is 2.17 bits per heavy atom. The molecule has 0 unspecified atom stereocenters. The molecule has 2 aromatic rings. The smallest absolute Gasteiger partial charge is 0.337 e. The van der Waals surface area contributed by atoms with E-state index in [4.69, 9.17) is 5.73 Å². The Morgan fingerprint density at radius 3 is 2.78 bits per heavy atom. The first-order valence-corrected chi connectivity index (χ1v) is 6.12. The minimum Gasteiger partial charge on any atom is -0.465 e. The third-order valence-corrected chi connectivity index (χ3v) is 3.10. The van der Waals surface area contributed by atoms with E-state index >= 15 is 0 Å². The van der Waals surface area contributed by atoms with Gasteiger partial charge in [0.05, 0.1) is 17.6 Å². The van der Waals surface area contributed by atoms with Crippen LogP contribution < -0.4 is 5.73 Å². The molecule has 0 aliphatic rings. The third kappa shape index (κ3) is 2.70. The molecule has 0 bridgehead atoms. The first-order valence-electron chi connectivity index (χ1n) is 5.24. The highest BCUT2D eigenvalue weighted by atomic mass is 32.1. The first-order chi connectivity index (χ1) is 8.70. The number of ether oxygens (including phenoxy) is 1. The van der Waals surface area contributed by atoms with E-state index < -0.39 is 5.97 Å². The van der Waals surface area contributed by atoms with Crippen molar-refractivity contribution in [1.29, 1.82) is 0 Å². The molecule has 3 nitrogen and oxygen atoms in total. The fraction of sp³-hybridized carbons (Fsp3) is 0.0714. The SMILES string of the molecule is COC(=O)c1ccc(C#Cc2cccs2)c(N)c1. The lowest BCUT2D eigenvalue weighted by molar-refractivity contribution is 0.0601. The van der Waals surface area contributed by atoms with Crippen LogP contribution in [0, 0.1) is 11.8 Å². The number of benzene rings is 1. The number of carbonyl (C=O) groups excluding carboxylic acids is 1. The van der Waals surface area contributed by atoms with Gasteiger partial charge < -0.3 is 10.5 Å². The molecule has 0 fully saturated rings. The van der Waals surface area contributed by atoms with Crippen LogP contribution in [0.4, 0.5) is 5.69 Å². The van der Waals surface area contributed by atoms with E-state index in [0.29, 0.717) is 16.8 Å². The largest absolute Gasteiger partial charge is 0.465 e. The van der Waals surface area contributed by atoms with Gasteiger partial charge in [-0.15, -0.1) is 11.3 Å². The number of thiophene rings is 1. The van der Waals surface area contributed by atoms with E-state index in [1.807, 2.05) is 17.5 Å². The molecule has 0 spiro atoms. The van der Waals surface area contributed by atoms with Crippen LogP contribution in [0.2, 0.25) is 0 Å². The van der Waals surface area contributed by atoms with Crippen LogP contribution >= 0.6 is 11.3 Å². The van der Waals surface area contributed by atoms with Gasteiger partial charge in [0, 0.05) is 11.3 Å². The molecular weight excluding hydrogens is 246 g/mol. The van der Waals surface area contributed by atoms with Crippen LogP contribution in [0.3, 0.4) is 0 Å². The maximum Gasteiger partial charge on any atom is 0.337 e. The van der Waals surface area contributed by atoms with Crippen LogP contribution in [-0.4, -0.2) is 13.1 Å². The summed E-state index contributed by atoms with van der Waals surface area (Å²) in [6.45, 7) is 0. The Balaban J connectivity index is 2.28. The molecule has 1 heterocycles. The highest BCUT2D eigenvalue weighted by Crippen LogP contribution is 2.14. The van der Waals surface area contributed by atoms with Gasteiger partial charge in [0.25, 0.3) is 0 Å². The second-order valence-corrected chi connectivity index (χ2v) is 4.47. The zero-order chi connectivity index (χ0) is 13.0. The Hall–Kier alpha value is -2.25. The lowest BCUT2D eigenvalue weighted by Gasteiger charge is -2.02. The summed E-state index contributed by atoms with van der Waals surface area (Å²) in [4.78, 5) is 12.3. The maximum absolute atomic E-state index is 11.3. The number of nitrogen functional groups attached to an aromatic ring is 1. The Kier molecular flexibility index (Phi) is 3.66. The standard InChI is InChI=1S/C14H11NO2S/c1-17-14(16)11-5-4-10(13(15)9-11)6-7-12-3-2-8-18-12/h2-5,8-9H,15H2,1H3. The van der Waals surface area contributed by atoms with Gasteiger partial charge in [0.15, 0.2) is 0 Å². The summed E-state index contributed by atoms with van der Waals surface area (Å²) < 4.78 is 4.62. The lowest BCUT2D eigenvalue weighted by atomic mass is 10.1. The third-order valence-electron chi connectivity index (χ3n) is 2.31. The molecular formula is C14H11NO2S. The molecule has 0 radical (unpaired) electrons. The number of anilines is 1. The molecule has 4 heteroatoms. The zero-order valence-electron chi connectivity index (χ0n) is 9.77. The molecule has 0 amide bonds. The molecule has 0 aliphatic heterocycles. The monoisotopic (exact) mass is 257 g/mol. The molecule has 1 aromatic heterocycles. The second-order valence-electron chi connectivity index (χ2n) is 3.52. The molecule has 1 aromatic carbocycles. The maximum atomic E-state index is 11.3. The average molecular weight is 257 g/mol. The van der Waals surface area contributed by atoms with E-state index in [-0.39, 0.29) is 0 Å². The predicted molar refractivity (Wildman–Crippen MR) is 72.5 cm³/mol. The number of rotatable bonds is 1. The first kappa shape index (κ1) is 12.2. The molecule has 2 rings (SSSR count). The highest BCUT2D eigenvalue weighted by molar-refractivity contribution is 7.10. The van der Waals surface area contributed by atoms with Crippen molar-refractivity contribution in [3.05, 3.63) is 51.7 Å². The number of hydrogen-bond acceptors (Lipinski definition) is 4. The van der Waals surface area contributed by atoms with Crippen molar-refractivity contribution in [3.63, 3.8) is 0 Å². The summed E-state index contributed by atoms with van der Waals surface area (Å²) >= 11 is 1.57. The van der Waals surface area contributed by atoms with E-state index in [1.54, 1.807) is 29.5 Å². The summed E-state index contributed by atoms with van der Waals surface area (Å²) in [6, 6.07) is 8.84. The zero-order valence-corrected chi connectivity index (χ0v) is 10.6. The quantitative estimate of drug-likeness (QED) is 0.485. The van der Waals surface area contributed by atoms with Gasteiger partial charge in [0.1, 0.15) is 0 Å². The molecule has 18 heavy (non-hydrogen) atoms. The van der Waals surface area contributed by atoms with Crippen molar-refractivity contribution in [2.24, 2.45) is 0 Å². The van der Waals surface area contributed by atoms with Crippen LogP contribution in [-0.2, 0) is 4.74 Å². The summed E-state index contributed by atoms with van der Waals surface area (Å²) in [5, 5.41) is 1.97. The molecule has 0 aliphatic carbocycles. The average Bonchev–Trinajstić information content (AvgIpc) is 2.89. The van der Waals surface area contributed by atoms with Gasteiger partial charge in [0.2, 0.25) is 0 Å². The molecule has 0 atom stereocenters. The topological polar surface area (TPSA) is 52.3 Å². The summed E-state index contributed by atoms with van der Waals surface area (Å²) in [6.07, 6.45) is 0. The van der Waals surface area contributed by atoms with Gasteiger partial charge >= 0.3 is 5.97 Å². The van der Waals surface area contributed by atoms with Crippen molar-refractivity contribution in [2.75, 3.05) is 12.8 Å². The Labute approximate surface area is 109 Å². The van der Waals surface area contributed by atoms with E-state index in [2.05, 4.69) is 16.6 Å². The fourth-order valence-electron chi connectivity index (χ4n) is 1.40. The Bertz CT molecular complexity index is 621. The fourth-order valence-corrected chi connectivity index (χ4v) is 1.97. The van der Waals surface area contributed by atoms with Crippen LogP contribution in [0.25, 0.3) is 0 Å². The van der Waals surface area contributed by atoms with Crippen molar-refractivity contribution in [2.45, 2.75) is 0 Å². The number of carbonyl (C=O) groups is 1. The predicted octanol–water partition coefficient (Wildman–Crippen LogP) is 2.52. The highest BCUT2D eigenvalue weighted by Gasteiger charge is 2.06. The van der Waals surface area contributed by atoms with Gasteiger partial charge in [-0.1, -0.05) is 17.9 Å². The Morgan fingerprint density at radius 1 is 1.33 bits per heavy atom. The van der Waals surface area contributed by atoms with E-state index in [0.717, 1.165) is 4.88 Å². The number of hydrogen-bond donors (Lipinski definition) is 1. The number of nitrogens with two attached hydrogens (primary N) is 1. The number of methoxy groups -OCH3 is 1. The van der Waals surface area contributed by atoms with Crippen LogP contribution in [0.1, 0.15) is 20.8 Å². The second kappa shape index (κ2) is 5.39. The lowest BCUT2D eigenvalue weighted by Crippen LogP contribution is -2.02. The molecule has 2 N–H and O–H groups in total. The van der Waals surface area contributed by atoms with Crippen LogP contribution in [0.15, 0.2) is 35.7 Å². The minimum absolute atomic E-state index is 0.403. The van der Waals surface area contributed by atoms with Gasteiger partial charge in [-0.3, -0.25) is 0 Å². The molecule has 0 saturated heterocycles. The van der Waals surface area contributed by atoms with Crippen molar-refractivity contribution >= 4 is 23.0 Å². The van der Waals surface area contributed by atoms with Crippen molar-refractivity contribution in [3.8, 4) is 11.8 Å². The summed E-state index contributed by atoms with van der Waals surface area (Å²) in [5.74, 6) is 5.60.